The van der Waals surface area contributed by atoms with Gasteiger partial charge in [0.1, 0.15) is 0 Å². The molecule has 0 radical (unpaired) electrons. The molecule has 1 amide bonds. The monoisotopic (exact) mass is 352 g/mol. The van der Waals surface area contributed by atoms with E-state index in [1.54, 1.807) is 11.9 Å². The summed E-state index contributed by atoms with van der Waals surface area (Å²) in [6, 6.07) is 4.32. The zero-order valence-electron chi connectivity index (χ0n) is 11.8. The molecule has 0 bridgehead atoms. The van der Waals surface area contributed by atoms with Gasteiger partial charge in [-0.15, -0.1) is 12.4 Å². The fourth-order valence-corrected chi connectivity index (χ4v) is 3.07. The maximum atomic E-state index is 12.5. The van der Waals surface area contributed by atoms with E-state index in [9.17, 15) is 13.2 Å². The molecule has 1 atom stereocenters. The molecular formula is C13H18Cl2N2O3S. The predicted octanol–water partition coefficient (Wildman–Crippen LogP) is 1.60. The molecule has 1 unspecified atom stereocenters. The van der Waals surface area contributed by atoms with Gasteiger partial charge in [0.25, 0.3) is 5.91 Å². The van der Waals surface area contributed by atoms with Crippen molar-refractivity contribution in [3.05, 3.63) is 28.8 Å². The minimum absolute atomic E-state index is 0. The number of carbonyl (C=O) groups excluding carboxylic acids is 1. The maximum absolute atomic E-state index is 12.5. The molecule has 2 rings (SSSR count). The summed E-state index contributed by atoms with van der Waals surface area (Å²) in [7, 11) is -1.65. The van der Waals surface area contributed by atoms with Crippen molar-refractivity contribution in [2.24, 2.45) is 0 Å². The molecule has 0 spiro atoms. The van der Waals surface area contributed by atoms with Crippen LogP contribution in [0.2, 0.25) is 5.02 Å². The molecule has 1 N–H and O–H groups in total. The van der Waals surface area contributed by atoms with Gasteiger partial charge >= 0.3 is 0 Å². The largest absolute Gasteiger partial charge is 0.337 e. The Morgan fingerprint density at radius 1 is 1.43 bits per heavy atom. The van der Waals surface area contributed by atoms with Gasteiger partial charge in [-0.2, -0.15) is 0 Å². The molecule has 1 heterocycles. The smallest absolute Gasteiger partial charge is 0.255 e. The first kappa shape index (κ1) is 18.2. The van der Waals surface area contributed by atoms with E-state index in [0.717, 1.165) is 25.8 Å². The number of nitrogens with one attached hydrogen (secondary N) is 1. The molecule has 0 saturated carbocycles. The van der Waals surface area contributed by atoms with E-state index >= 15 is 0 Å². The molecule has 21 heavy (non-hydrogen) atoms. The second-order valence-corrected chi connectivity index (χ2v) is 7.40. The molecule has 1 fully saturated rings. The lowest BCUT2D eigenvalue weighted by molar-refractivity contribution is 0.0743. The van der Waals surface area contributed by atoms with Crippen LogP contribution in [0.3, 0.4) is 0 Å². The molecule has 0 aromatic heterocycles. The minimum atomic E-state index is -3.36. The fourth-order valence-electron chi connectivity index (χ4n) is 2.22. The second kappa shape index (κ2) is 6.96. The minimum Gasteiger partial charge on any atom is -0.337 e. The SMILES string of the molecule is CN(C(=O)c1cc(S(C)(=O)=O)ccc1Cl)C1CCNC1.Cl. The van der Waals surface area contributed by atoms with Gasteiger partial charge < -0.3 is 10.2 Å². The summed E-state index contributed by atoms with van der Waals surface area (Å²) < 4.78 is 23.1. The van der Waals surface area contributed by atoms with Gasteiger partial charge in [-0.3, -0.25) is 4.79 Å². The van der Waals surface area contributed by atoms with E-state index in [2.05, 4.69) is 5.32 Å². The Hall–Kier alpha value is -0.820. The summed E-state index contributed by atoms with van der Waals surface area (Å²) in [5, 5.41) is 3.45. The Balaban J connectivity index is 0.00000220. The maximum Gasteiger partial charge on any atom is 0.255 e. The third-order valence-corrected chi connectivity index (χ3v) is 4.94. The van der Waals surface area contributed by atoms with Gasteiger partial charge in [0.2, 0.25) is 0 Å². The lowest BCUT2D eigenvalue weighted by Gasteiger charge is -2.24. The van der Waals surface area contributed by atoms with Gasteiger partial charge in [-0.25, -0.2) is 8.42 Å². The van der Waals surface area contributed by atoms with E-state index in [1.807, 2.05) is 0 Å². The van der Waals surface area contributed by atoms with Gasteiger partial charge in [0, 0.05) is 25.9 Å². The highest BCUT2D eigenvalue weighted by atomic mass is 35.5. The first-order valence-electron chi connectivity index (χ1n) is 6.28. The van der Waals surface area contributed by atoms with Crippen molar-refractivity contribution in [2.45, 2.75) is 17.4 Å². The Bertz CT molecular complexity index is 628. The third kappa shape index (κ3) is 4.10. The van der Waals surface area contributed by atoms with Crippen LogP contribution in [-0.2, 0) is 9.84 Å². The van der Waals surface area contributed by atoms with Crippen molar-refractivity contribution in [3.63, 3.8) is 0 Å². The van der Waals surface area contributed by atoms with Crippen molar-refractivity contribution < 1.29 is 13.2 Å². The highest BCUT2D eigenvalue weighted by Crippen LogP contribution is 2.23. The van der Waals surface area contributed by atoms with Crippen LogP contribution in [0.1, 0.15) is 16.8 Å². The Morgan fingerprint density at radius 2 is 2.10 bits per heavy atom. The Labute approximate surface area is 136 Å². The third-order valence-electron chi connectivity index (χ3n) is 3.50. The zero-order valence-corrected chi connectivity index (χ0v) is 14.2. The summed E-state index contributed by atoms with van der Waals surface area (Å²) in [5.41, 5.74) is 0.226. The van der Waals surface area contributed by atoms with E-state index in [4.69, 9.17) is 11.6 Å². The molecule has 1 aromatic carbocycles. The highest BCUT2D eigenvalue weighted by molar-refractivity contribution is 7.90. The average Bonchev–Trinajstić information content (AvgIpc) is 2.90. The molecule has 8 heteroatoms. The van der Waals surface area contributed by atoms with Crippen LogP contribution in [0.5, 0.6) is 0 Å². The van der Waals surface area contributed by atoms with E-state index in [0.29, 0.717) is 0 Å². The zero-order chi connectivity index (χ0) is 14.9. The summed E-state index contributed by atoms with van der Waals surface area (Å²) in [4.78, 5) is 14.2. The normalized spacial score (nSPS) is 18.1. The molecule has 5 nitrogen and oxygen atoms in total. The number of amides is 1. The van der Waals surface area contributed by atoms with Crippen LogP contribution in [0.4, 0.5) is 0 Å². The number of halogens is 2. The lowest BCUT2D eigenvalue weighted by atomic mass is 10.1. The van der Waals surface area contributed by atoms with Crippen molar-refractivity contribution in [1.82, 2.24) is 10.2 Å². The van der Waals surface area contributed by atoms with Gasteiger partial charge in [-0.05, 0) is 31.2 Å². The molecule has 1 aliphatic heterocycles. The number of sulfone groups is 1. The molecule has 1 aliphatic rings. The topological polar surface area (TPSA) is 66.5 Å². The fraction of sp³-hybridized carbons (Fsp3) is 0.462. The number of carbonyl (C=O) groups is 1. The molecule has 1 saturated heterocycles. The molecule has 0 aliphatic carbocycles. The summed E-state index contributed by atoms with van der Waals surface area (Å²) in [6.07, 6.45) is 1.99. The number of hydrogen-bond donors (Lipinski definition) is 1. The van der Waals surface area contributed by atoms with E-state index in [1.165, 1.54) is 18.2 Å². The molecule has 118 valence electrons. The summed E-state index contributed by atoms with van der Waals surface area (Å²) >= 11 is 6.03. The van der Waals surface area contributed by atoms with Crippen LogP contribution >= 0.6 is 24.0 Å². The van der Waals surface area contributed by atoms with E-state index in [-0.39, 0.29) is 39.8 Å². The number of likely N-dealkylation sites (N-methyl/N-ethyl adjacent to an activating group) is 1. The number of hydrogen-bond acceptors (Lipinski definition) is 4. The van der Waals surface area contributed by atoms with Crippen molar-refractivity contribution in [3.8, 4) is 0 Å². The van der Waals surface area contributed by atoms with Crippen molar-refractivity contribution >= 4 is 39.8 Å². The Kier molecular flexibility index (Phi) is 6.04. The van der Waals surface area contributed by atoms with Crippen LogP contribution in [-0.4, -0.2) is 51.7 Å². The first-order valence-corrected chi connectivity index (χ1v) is 8.55. The number of rotatable bonds is 3. The van der Waals surface area contributed by atoms with Crippen molar-refractivity contribution in [1.29, 1.82) is 0 Å². The van der Waals surface area contributed by atoms with Crippen LogP contribution in [0.25, 0.3) is 0 Å². The predicted molar refractivity (Wildman–Crippen MR) is 85.2 cm³/mol. The lowest BCUT2D eigenvalue weighted by Crippen LogP contribution is -2.38. The quantitative estimate of drug-likeness (QED) is 0.897. The molecular weight excluding hydrogens is 335 g/mol. The van der Waals surface area contributed by atoms with Gasteiger partial charge in [0.15, 0.2) is 9.84 Å². The van der Waals surface area contributed by atoms with Gasteiger partial charge in [-0.1, -0.05) is 11.6 Å². The first-order chi connectivity index (χ1) is 9.30. The van der Waals surface area contributed by atoms with Crippen LogP contribution < -0.4 is 5.32 Å². The highest BCUT2D eigenvalue weighted by Gasteiger charge is 2.26. The van der Waals surface area contributed by atoms with Crippen LogP contribution in [0, 0.1) is 0 Å². The summed E-state index contributed by atoms with van der Waals surface area (Å²) in [6.45, 7) is 1.62. The Morgan fingerprint density at radius 3 is 2.62 bits per heavy atom. The average molecular weight is 353 g/mol. The molecule has 1 aromatic rings. The van der Waals surface area contributed by atoms with Crippen LogP contribution in [0.15, 0.2) is 23.1 Å². The number of nitrogens with zero attached hydrogens (tertiary/aromatic N) is 1. The summed E-state index contributed by atoms with van der Waals surface area (Å²) in [5.74, 6) is -0.255. The van der Waals surface area contributed by atoms with Crippen molar-refractivity contribution in [2.75, 3.05) is 26.4 Å². The van der Waals surface area contributed by atoms with Gasteiger partial charge in [0.05, 0.1) is 15.5 Å². The van der Waals surface area contributed by atoms with E-state index < -0.39 is 9.84 Å². The number of benzene rings is 1. The standard InChI is InChI=1S/C13H17ClN2O3S.ClH/c1-16(9-5-6-15-8-9)13(17)11-7-10(20(2,18)19)3-4-12(11)14;/h3-4,7,9,15H,5-6,8H2,1-2H3;1H. The second-order valence-electron chi connectivity index (χ2n) is 4.98.